The van der Waals surface area contributed by atoms with E-state index in [-0.39, 0.29) is 0 Å². The highest BCUT2D eigenvalue weighted by atomic mass is 32.1. The van der Waals surface area contributed by atoms with Crippen LogP contribution < -0.4 is 0 Å². The predicted octanol–water partition coefficient (Wildman–Crippen LogP) is 13.4. The van der Waals surface area contributed by atoms with Gasteiger partial charge in [0, 0.05) is 41.1 Å². The van der Waals surface area contributed by atoms with Crippen LogP contribution in [-0.2, 0) is 17.8 Å². The molecule has 0 saturated carbocycles. The lowest BCUT2D eigenvalue weighted by Gasteiger charge is -2.05. The number of ether oxygens (including phenoxy) is 1. The Bertz CT molecular complexity index is 1900. The smallest absolute Gasteiger partial charge is 0.0716 e. The molecule has 0 saturated heterocycles. The van der Waals surface area contributed by atoms with E-state index < -0.39 is 0 Å². The number of hydrogen-bond acceptors (Lipinski definition) is 5. The van der Waals surface area contributed by atoms with Gasteiger partial charge in [-0.25, -0.2) is 0 Å². The Morgan fingerprint density at radius 3 is 1.90 bits per heavy atom. The van der Waals surface area contributed by atoms with Crippen LogP contribution in [0.1, 0.15) is 74.6 Å². The second-order valence-electron chi connectivity index (χ2n) is 11.6. The number of aryl methyl sites for hydroxylation is 1. The Morgan fingerprint density at radius 2 is 1.17 bits per heavy atom. The summed E-state index contributed by atoms with van der Waals surface area (Å²) in [6, 6.07) is 24.9. The molecule has 0 unspecified atom stereocenters. The minimum Gasteiger partial charge on any atom is -0.377 e. The van der Waals surface area contributed by atoms with Crippen molar-refractivity contribution in [2.45, 2.75) is 77.2 Å². The second kappa shape index (κ2) is 13.6. The minimum absolute atomic E-state index is 0.748. The molecule has 0 aliphatic heterocycles. The van der Waals surface area contributed by atoms with E-state index in [0.717, 1.165) is 13.2 Å². The summed E-state index contributed by atoms with van der Waals surface area (Å²) in [5, 5.41) is 7.90. The van der Waals surface area contributed by atoms with E-state index in [1.165, 1.54) is 126 Å². The Labute approximate surface area is 264 Å². The van der Waals surface area contributed by atoms with Gasteiger partial charge in [-0.3, -0.25) is 0 Å². The predicted molar refractivity (Wildman–Crippen MR) is 191 cm³/mol. The molecule has 1 nitrogen and oxygen atoms in total. The van der Waals surface area contributed by atoms with E-state index in [2.05, 4.69) is 72.1 Å². The highest BCUT2D eigenvalue weighted by Gasteiger charge is 2.15. The highest BCUT2D eigenvalue weighted by Crippen LogP contribution is 2.47. The van der Waals surface area contributed by atoms with Crippen molar-refractivity contribution >= 4 is 95.1 Å². The molecule has 7 rings (SSSR count). The van der Waals surface area contributed by atoms with Gasteiger partial charge in [0.1, 0.15) is 0 Å². The molecule has 3 aromatic carbocycles. The van der Waals surface area contributed by atoms with E-state index in [4.69, 9.17) is 4.74 Å². The SMILES string of the molecule is c1ccc(COCCCCCCCCCCCCc2cc3cc4c(cc3s2)sc2c3cc5ccsc5cc3sc42)cc1. The summed E-state index contributed by atoms with van der Waals surface area (Å²) < 4.78 is 14.5. The largest absolute Gasteiger partial charge is 0.377 e. The fourth-order valence-electron chi connectivity index (χ4n) is 6.11. The van der Waals surface area contributed by atoms with Gasteiger partial charge in [-0.1, -0.05) is 81.7 Å². The second-order valence-corrected chi connectivity index (χ2v) is 15.8. The maximum atomic E-state index is 5.80. The lowest BCUT2D eigenvalue weighted by atomic mass is 10.1. The first-order valence-electron chi connectivity index (χ1n) is 15.6. The topological polar surface area (TPSA) is 9.23 Å². The van der Waals surface area contributed by atoms with Crippen LogP contribution in [0.15, 0.2) is 72.1 Å². The van der Waals surface area contributed by atoms with Crippen molar-refractivity contribution in [3.8, 4) is 0 Å². The summed E-state index contributed by atoms with van der Waals surface area (Å²) in [5.41, 5.74) is 1.27. The molecular formula is C37H38OS4. The zero-order valence-corrected chi connectivity index (χ0v) is 27.4. The molecule has 4 aromatic heterocycles. The molecule has 0 spiro atoms. The third-order valence-corrected chi connectivity index (χ3v) is 13.0. The minimum atomic E-state index is 0.748. The van der Waals surface area contributed by atoms with Crippen LogP contribution in [0.2, 0.25) is 0 Å². The van der Waals surface area contributed by atoms with E-state index in [9.17, 15) is 0 Å². The van der Waals surface area contributed by atoms with Gasteiger partial charge in [0.05, 0.1) is 16.0 Å². The van der Waals surface area contributed by atoms with Gasteiger partial charge in [-0.15, -0.1) is 45.3 Å². The van der Waals surface area contributed by atoms with Crippen LogP contribution in [-0.4, -0.2) is 6.61 Å². The van der Waals surface area contributed by atoms with Gasteiger partial charge >= 0.3 is 0 Å². The van der Waals surface area contributed by atoms with Crippen LogP contribution in [0.25, 0.3) is 49.7 Å². The van der Waals surface area contributed by atoms with Crippen molar-refractivity contribution in [1.29, 1.82) is 0 Å². The molecule has 0 radical (unpaired) electrons. The quantitative estimate of drug-likeness (QED) is 0.103. The first-order valence-corrected chi connectivity index (χ1v) is 18.9. The van der Waals surface area contributed by atoms with Crippen molar-refractivity contribution in [3.05, 3.63) is 82.6 Å². The number of benzene rings is 3. The van der Waals surface area contributed by atoms with Crippen molar-refractivity contribution in [3.63, 3.8) is 0 Å². The first-order chi connectivity index (χ1) is 20.8. The molecule has 0 N–H and O–H groups in total. The molecule has 42 heavy (non-hydrogen) atoms. The molecule has 4 heterocycles. The van der Waals surface area contributed by atoms with Crippen LogP contribution in [0.3, 0.4) is 0 Å². The highest BCUT2D eigenvalue weighted by molar-refractivity contribution is 7.36. The summed E-state index contributed by atoms with van der Waals surface area (Å²) in [5.74, 6) is 0. The number of unbranched alkanes of at least 4 members (excludes halogenated alkanes) is 9. The third-order valence-electron chi connectivity index (χ3n) is 8.42. The van der Waals surface area contributed by atoms with E-state index in [1.807, 2.05) is 45.3 Å². The van der Waals surface area contributed by atoms with E-state index >= 15 is 0 Å². The number of fused-ring (bicyclic) bond motifs is 7. The first kappa shape index (κ1) is 28.5. The molecule has 0 aliphatic carbocycles. The average molecular weight is 627 g/mol. The standard InChI is InChI=1S/C37H38OS4/c1(2-4-6-8-13-18-38-25-26-14-10-9-11-15-26)3-5-7-12-16-29-20-28-22-31-35(24-33(28)40-29)42-36-30-21-27-17-19-39-32(27)23-34(30)41-37(31)36/h9-11,14-15,17,19-24H,1-8,12-13,16,18,25H2. The summed E-state index contributed by atoms with van der Waals surface area (Å²) >= 11 is 7.83. The third kappa shape index (κ3) is 6.46. The van der Waals surface area contributed by atoms with Crippen LogP contribution in [0.4, 0.5) is 0 Å². The fraction of sp³-hybridized carbons (Fsp3) is 0.351. The Kier molecular flexibility index (Phi) is 9.20. The normalized spacial score (nSPS) is 12.2. The molecular weight excluding hydrogens is 589 g/mol. The van der Waals surface area contributed by atoms with Crippen LogP contribution >= 0.6 is 45.3 Å². The summed E-state index contributed by atoms with van der Waals surface area (Å²) in [6.07, 6.45) is 14.7. The molecule has 0 atom stereocenters. The van der Waals surface area contributed by atoms with Gasteiger partial charge in [0.15, 0.2) is 0 Å². The van der Waals surface area contributed by atoms with Crippen molar-refractivity contribution in [2.75, 3.05) is 6.61 Å². The average Bonchev–Trinajstić information content (AvgIpc) is 3.78. The van der Waals surface area contributed by atoms with E-state index in [1.54, 1.807) is 4.88 Å². The Morgan fingerprint density at radius 1 is 0.524 bits per heavy atom. The monoisotopic (exact) mass is 626 g/mol. The van der Waals surface area contributed by atoms with Crippen molar-refractivity contribution in [1.82, 2.24) is 0 Å². The lowest BCUT2D eigenvalue weighted by molar-refractivity contribution is 0.116. The fourth-order valence-corrected chi connectivity index (χ4v) is 10.9. The molecule has 0 fully saturated rings. The summed E-state index contributed by atoms with van der Waals surface area (Å²) in [6.45, 7) is 1.64. The zero-order chi connectivity index (χ0) is 28.1. The van der Waals surface area contributed by atoms with Crippen LogP contribution in [0.5, 0.6) is 0 Å². The molecule has 5 heteroatoms. The molecule has 216 valence electrons. The summed E-state index contributed by atoms with van der Waals surface area (Å²) in [7, 11) is 0. The molecule has 0 aliphatic rings. The van der Waals surface area contributed by atoms with Crippen molar-refractivity contribution < 1.29 is 4.74 Å². The van der Waals surface area contributed by atoms with Crippen LogP contribution in [0, 0.1) is 0 Å². The Balaban J connectivity index is 0.816. The zero-order valence-electron chi connectivity index (χ0n) is 24.2. The number of thiophene rings is 4. The number of hydrogen-bond donors (Lipinski definition) is 0. The maximum Gasteiger partial charge on any atom is 0.0716 e. The summed E-state index contributed by atoms with van der Waals surface area (Å²) in [4.78, 5) is 1.56. The molecule has 7 aromatic rings. The Hall–Kier alpha value is -2.28. The molecule has 0 amide bonds. The lowest BCUT2D eigenvalue weighted by Crippen LogP contribution is -1.95. The van der Waals surface area contributed by atoms with Gasteiger partial charge < -0.3 is 4.74 Å². The molecule has 0 bridgehead atoms. The maximum absolute atomic E-state index is 5.80. The van der Waals surface area contributed by atoms with E-state index in [0.29, 0.717) is 0 Å². The van der Waals surface area contributed by atoms with Gasteiger partial charge in [0.25, 0.3) is 0 Å². The van der Waals surface area contributed by atoms with Crippen molar-refractivity contribution in [2.24, 2.45) is 0 Å². The van der Waals surface area contributed by atoms with Gasteiger partial charge in [-0.2, -0.15) is 0 Å². The van der Waals surface area contributed by atoms with Gasteiger partial charge in [0.2, 0.25) is 0 Å². The van der Waals surface area contributed by atoms with Gasteiger partial charge in [-0.05, 0) is 77.4 Å². The number of rotatable bonds is 15.